The summed E-state index contributed by atoms with van der Waals surface area (Å²) in [4.78, 5) is 17.0. The molecule has 2 heterocycles. The van der Waals surface area contributed by atoms with Crippen LogP contribution in [0.3, 0.4) is 0 Å². The number of aromatic amines is 1. The number of H-pyrrole nitrogens is 1. The summed E-state index contributed by atoms with van der Waals surface area (Å²) in [6.07, 6.45) is 0. The lowest BCUT2D eigenvalue weighted by Gasteiger charge is -2.09. The lowest BCUT2D eigenvalue weighted by Crippen LogP contribution is -2.24. The molecule has 0 atom stereocenters. The van der Waals surface area contributed by atoms with E-state index in [9.17, 15) is 9.18 Å². The third-order valence-corrected chi connectivity index (χ3v) is 4.07. The van der Waals surface area contributed by atoms with Crippen molar-refractivity contribution in [3.8, 4) is 11.4 Å². The van der Waals surface area contributed by atoms with Crippen molar-refractivity contribution in [3.05, 3.63) is 76.9 Å². The Kier molecular flexibility index (Phi) is 4.02. The van der Waals surface area contributed by atoms with Crippen LogP contribution in [0.4, 0.5) is 4.39 Å². The summed E-state index contributed by atoms with van der Waals surface area (Å²) in [5, 5.41) is 7.60. The Labute approximate surface area is 152 Å². The van der Waals surface area contributed by atoms with Crippen LogP contribution in [0.5, 0.6) is 0 Å². The van der Waals surface area contributed by atoms with Crippen LogP contribution in [0.1, 0.15) is 10.5 Å². The number of aromatic nitrogens is 4. The molecule has 4 rings (SSSR count). The minimum Gasteiger partial charge on any atom is -0.266 e. The predicted octanol–water partition coefficient (Wildman–Crippen LogP) is 3.68. The molecule has 0 radical (unpaired) electrons. The molecule has 6 nitrogen and oxygen atoms in total. The Morgan fingerprint density at radius 3 is 2.81 bits per heavy atom. The second-order valence-corrected chi connectivity index (χ2v) is 5.91. The fourth-order valence-electron chi connectivity index (χ4n) is 2.57. The molecule has 0 saturated carbocycles. The summed E-state index contributed by atoms with van der Waals surface area (Å²) in [5.74, 6) is -0.569. The summed E-state index contributed by atoms with van der Waals surface area (Å²) in [6.45, 7) is 0. The van der Waals surface area contributed by atoms with Gasteiger partial charge in [0.05, 0.1) is 5.52 Å². The number of carbonyl (C=O) groups excluding carboxylic acids is 1. The van der Waals surface area contributed by atoms with E-state index in [4.69, 9.17) is 12.2 Å². The Morgan fingerprint density at radius 1 is 1.12 bits per heavy atom. The maximum atomic E-state index is 13.5. The Hall–Kier alpha value is -3.39. The average molecular weight is 365 g/mol. The first-order valence-electron chi connectivity index (χ1n) is 7.72. The zero-order valence-electron chi connectivity index (χ0n) is 13.3. The van der Waals surface area contributed by atoms with Gasteiger partial charge in [0.25, 0.3) is 5.91 Å². The Morgan fingerprint density at radius 2 is 1.96 bits per heavy atom. The molecule has 1 amide bonds. The molecule has 0 fully saturated rings. The van der Waals surface area contributed by atoms with Gasteiger partial charge in [-0.2, -0.15) is 5.10 Å². The van der Waals surface area contributed by atoms with Gasteiger partial charge in [-0.15, -0.1) is 0 Å². The molecule has 2 aromatic carbocycles. The summed E-state index contributed by atoms with van der Waals surface area (Å²) in [7, 11) is 0. The second-order valence-electron chi connectivity index (χ2n) is 5.53. The van der Waals surface area contributed by atoms with E-state index in [0.717, 1.165) is 5.39 Å². The maximum Gasteiger partial charge on any atom is 0.288 e. The number of halogens is 1. The number of hydrogen-bond donors (Lipinski definition) is 2. The van der Waals surface area contributed by atoms with Crippen LogP contribution in [0.15, 0.2) is 60.7 Å². The number of carbonyl (C=O) groups is 1. The van der Waals surface area contributed by atoms with Crippen LogP contribution in [-0.4, -0.2) is 25.8 Å². The lowest BCUT2D eigenvalue weighted by molar-refractivity contribution is 0.100. The summed E-state index contributed by atoms with van der Waals surface area (Å²) < 4.78 is 15.0. The number of nitrogens with one attached hydrogen (secondary N) is 2. The van der Waals surface area contributed by atoms with Crippen molar-refractivity contribution < 1.29 is 9.18 Å². The number of amides is 1. The fourth-order valence-corrected chi connectivity index (χ4v) is 2.75. The number of nitrogens with zero attached hydrogens (tertiary/aromatic N) is 3. The molecule has 0 spiro atoms. The second kappa shape index (κ2) is 6.49. The molecule has 0 unspecified atom stereocenters. The molecule has 0 aliphatic heterocycles. The monoisotopic (exact) mass is 365 g/mol. The van der Waals surface area contributed by atoms with E-state index >= 15 is 0 Å². The number of rotatable bonds is 3. The zero-order chi connectivity index (χ0) is 18.1. The van der Waals surface area contributed by atoms with Crippen LogP contribution in [0.25, 0.3) is 22.3 Å². The highest BCUT2D eigenvalue weighted by atomic mass is 32.1. The third-order valence-electron chi connectivity index (χ3n) is 3.80. The van der Waals surface area contributed by atoms with Gasteiger partial charge in [-0.1, -0.05) is 36.4 Å². The van der Waals surface area contributed by atoms with Gasteiger partial charge in [-0.25, -0.2) is 19.1 Å². The molecule has 26 heavy (non-hydrogen) atoms. The number of benzene rings is 2. The van der Waals surface area contributed by atoms with E-state index in [1.165, 1.54) is 16.8 Å². The van der Waals surface area contributed by atoms with Crippen LogP contribution in [0.2, 0.25) is 0 Å². The van der Waals surface area contributed by atoms with Crippen molar-refractivity contribution in [2.24, 2.45) is 0 Å². The van der Waals surface area contributed by atoms with Crippen LogP contribution >= 0.6 is 12.2 Å². The maximum absolute atomic E-state index is 13.5. The predicted molar refractivity (Wildman–Crippen MR) is 98.2 cm³/mol. The lowest BCUT2D eigenvalue weighted by atomic mass is 10.2. The first-order valence-corrected chi connectivity index (χ1v) is 8.13. The first-order chi connectivity index (χ1) is 12.6. The van der Waals surface area contributed by atoms with Gasteiger partial charge in [0, 0.05) is 10.9 Å². The molecule has 2 N–H and O–H groups in total. The summed E-state index contributed by atoms with van der Waals surface area (Å²) in [6, 6.07) is 16.8. The number of hydrogen-bond acceptors (Lipinski definition) is 4. The molecule has 4 aromatic rings. The third kappa shape index (κ3) is 2.98. The standard InChI is InChI=1S/C18H12FN5OS/c19-13-6-3-5-12(10-13)16-21-22-18(26)24(16)23-17(25)15-9-8-11-4-1-2-7-14(11)20-15/h1-10H,(H,22,26)(H,23,25). The van der Waals surface area contributed by atoms with Crippen molar-refractivity contribution >= 4 is 29.0 Å². The highest BCUT2D eigenvalue weighted by Gasteiger charge is 2.14. The Balaban J connectivity index is 1.69. The molecule has 2 aromatic heterocycles. The van der Waals surface area contributed by atoms with Crippen molar-refractivity contribution in [2.45, 2.75) is 0 Å². The highest BCUT2D eigenvalue weighted by Crippen LogP contribution is 2.18. The van der Waals surface area contributed by atoms with Gasteiger partial charge in [0.2, 0.25) is 4.77 Å². The average Bonchev–Trinajstić information content (AvgIpc) is 3.02. The molecule has 0 bridgehead atoms. The van der Waals surface area contributed by atoms with Crippen molar-refractivity contribution in [1.29, 1.82) is 0 Å². The first kappa shape index (κ1) is 16.1. The van der Waals surface area contributed by atoms with Gasteiger partial charge in [0.1, 0.15) is 11.5 Å². The smallest absolute Gasteiger partial charge is 0.266 e. The van der Waals surface area contributed by atoms with Gasteiger partial charge in [-0.3, -0.25) is 10.2 Å². The number of para-hydroxylation sites is 1. The van der Waals surface area contributed by atoms with Gasteiger partial charge in [-0.05, 0) is 36.5 Å². The number of fused-ring (bicyclic) bond motifs is 1. The van der Waals surface area contributed by atoms with Crippen molar-refractivity contribution in [3.63, 3.8) is 0 Å². The SMILES string of the molecule is O=C(Nn1c(-c2cccc(F)c2)n[nH]c1=S)c1ccc2ccccc2n1. The quantitative estimate of drug-likeness (QED) is 0.543. The highest BCUT2D eigenvalue weighted by molar-refractivity contribution is 7.71. The van der Waals surface area contributed by atoms with Gasteiger partial charge >= 0.3 is 0 Å². The molecule has 128 valence electrons. The van der Waals surface area contributed by atoms with E-state index in [1.54, 1.807) is 18.2 Å². The van der Waals surface area contributed by atoms with E-state index in [1.807, 2.05) is 30.3 Å². The minimum absolute atomic E-state index is 0.179. The molecule has 0 aliphatic rings. The number of pyridine rings is 1. The molecule has 0 saturated heterocycles. The van der Waals surface area contributed by atoms with Crippen molar-refractivity contribution in [1.82, 2.24) is 19.9 Å². The van der Waals surface area contributed by atoms with E-state index < -0.39 is 11.7 Å². The topological polar surface area (TPSA) is 75.6 Å². The molecular formula is C18H12FN5OS. The van der Waals surface area contributed by atoms with E-state index in [-0.39, 0.29) is 10.5 Å². The normalized spacial score (nSPS) is 10.8. The van der Waals surface area contributed by atoms with Gasteiger partial charge < -0.3 is 0 Å². The van der Waals surface area contributed by atoms with Crippen molar-refractivity contribution in [2.75, 3.05) is 5.43 Å². The fraction of sp³-hybridized carbons (Fsp3) is 0. The zero-order valence-corrected chi connectivity index (χ0v) is 14.1. The van der Waals surface area contributed by atoms with Crippen LogP contribution in [-0.2, 0) is 0 Å². The van der Waals surface area contributed by atoms with Crippen LogP contribution in [0, 0.1) is 10.6 Å². The van der Waals surface area contributed by atoms with Crippen LogP contribution < -0.4 is 5.43 Å². The van der Waals surface area contributed by atoms with Gasteiger partial charge in [0.15, 0.2) is 5.82 Å². The summed E-state index contributed by atoms with van der Waals surface area (Å²) in [5.41, 5.74) is 4.07. The largest absolute Gasteiger partial charge is 0.288 e. The minimum atomic E-state index is -0.453. The Bertz CT molecular complexity index is 1180. The van der Waals surface area contributed by atoms with E-state index in [0.29, 0.717) is 16.9 Å². The molecular weight excluding hydrogens is 353 g/mol. The van der Waals surface area contributed by atoms with E-state index in [2.05, 4.69) is 20.6 Å². The molecule has 8 heteroatoms. The molecule has 0 aliphatic carbocycles. The summed E-state index contributed by atoms with van der Waals surface area (Å²) >= 11 is 5.17.